The Morgan fingerprint density at radius 3 is 2.71 bits per heavy atom. The molecule has 0 radical (unpaired) electrons. The van der Waals surface area contributed by atoms with Crippen molar-refractivity contribution in [2.24, 2.45) is 5.41 Å². The Morgan fingerprint density at radius 2 is 1.93 bits per heavy atom. The van der Waals surface area contributed by atoms with Crippen molar-refractivity contribution in [2.75, 3.05) is 6.54 Å². The number of hydrogen-bond donors (Lipinski definition) is 2. The fourth-order valence-corrected chi connectivity index (χ4v) is 5.51. The first-order valence-corrected chi connectivity index (χ1v) is 10.0. The van der Waals surface area contributed by atoms with Crippen LogP contribution in [0.4, 0.5) is 0 Å². The summed E-state index contributed by atoms with van der Waals surface area (Å²) in [5.41, 5.74) is 3.71. The molecular formula is C24H26N2O2. The van der Waals surface area contributed by atoms with Crippen LogP contribution in [0.3, 0.4) is 0 Å². The van der Waals surface area contributed by atoms with Crippen molar-refractivity contribution in [3.8, 4) is 5.75 Å². The number of nitrogens with one attached hydrogen (secondary N) is 1. The minimum Gasteiger partial charge on any atom is -0.508 e. The van der Waals surface area contributed by atoms with Crippen LogP contribution in [-0.2, 0) is 11.8 Å². The monoisotopic (exact) mass is 374 g/mol. The van der Waals surface area contributed by atoms with Gasteiger partial charge in [-0.1, -0.05) is 51.1 Å². The number of aromatic nitrogens is 1. The Balaban J connectivity index is 1.58. The highest BCUT2D eigenvalue weighted by Gasteiger charge is 2.57. The maximum atomic E-state index is 13.5. The number of hydrogen-bond acceptors (Lipinski definition) is 2. The number of nitrogens with zero attached hydrogens (tertiary/aromatic N) is 1. The fraction of sp³-hybridized carbons (Fsp3) is 0.375. The van der Waals surface area contributed by atoms with Crippen molar-refractivity contribution in [1.82, 2.24) is 9.88 Å². The van der Waals surface area contributed by atoms with Crippen LogP contribution >= 0.6 is 0 Å². The van der Waals surface area contributed by atoms with E-state index in [1.807, 2.05) is 41.3 Å². The number of piperidine rings is 1. The molecule has 0 unspecified atom stereocenters. The normalized spacial score (nSPS) is 25.5. The number of amides is 1. The molecule has 4 heteroatoms. The van der Waals surface area contributed by atoms with Crippen LogP contribution in [0.5, 0.6) is 5.75 Å². The van der Waals surface area contributed by atoms with E-state index in [1.54, 1.807) is 6.07 Å². The molecule has 3 aromatic rings. The molecule has 4 nitrogen and oxygen atoms in total. The summed E-state index contributed by atoms with van der Waals surface area (Å²) < 4.78 is 0. The van der Waals surface area contributed by atoms with Gasteiger partial charge in [0.25, 0.3) is 5.91 Å². The smallest absolute Gasteiger partial charge is 0.270 e. The van der Waals surface area contributed by atoms with E-state index in [4.69, 9.17) is 0 Å². The SMILES string of the molecule is CC1(C)[C@H]2Cc3c(O)cccc3[C@]1(C)CCN2C(=O)c1cc2ccccc2[nH]1. The van der Waals surface area contributed by atoms with Crippen molar-refractivity contribution in [1.29, 1.82) is 0 Å². The molecule has 1 amide bonds. The standard InChI is InChI=1S/C24H26N2O2/c1-23(2)21-14-16-17(8-6-10-20(16)27)24(23,3)11-12-26(21)22(28)19-13-15-7-4-5-9-18(15)25-19/h4-10,13,21,25,27H,11-12,14H2,1-3H3/t21-,24+/m1/s1. The second kappa shape index (κ2) is 5.63. The summed E-state index contributed by atoms with van der Waals surface area (Å²) in [5.74, 6) is 0.402. The minimum absolute atomic E-state index is 0.0472. The number of H-pyrrole nitrogens is 1. The van der Waals surface area contributed by atoms with Gasteiger partial charge in [0.2, 0.25) is 0 Å². The molecule has 1 saturated heterocycles. The summed E-state index contributed by atoms with van der Waals surface area (Å²) in [5, 5.41) is 11.6. The lowest BCUT2D eigenvalue weighted by molar-refractivity contribution is -0.0268. The van der Waals surface area contributed by atoms with Gasteiger partial charge >= 0.3 is 0 Å². The molecule has 1 aliphatic carbocycles. The van der Waals surface area contributed by atoms with Gasteiger partial charge in [0.15, 0.2) is 0 Å². The lowest BCUT2D eigenvalue weighted by Crippen LogP contribution is -2.64. The molecule has 2 aromatic carbocycles. The number of aromatic amines is 1. The second-order valence-corrected chi connectivity index (χ2v) is 9.10. The lowest BCUT2D eigenvalue weighted by Gasteiger charge is -2.60. The van der Waals surface area contributed by atoms with Crippen LogP contribution in [0.1, 0.15) is 48.8 Å². The minimum atomic E-state index is -0.0896. The topological polar surface area (TPSA) is 56.3 Å². The Bertz CT molecular complexity index is 1060. The number of likely N-dealkylation sites (tertiary alicyclic amines) is 1. The molecule has 0 spiro atoms. The summed E-state index contributed by atoms with van der Waals surface area (Å²) in [6, 6.07) is 15.8. The fourth-order valence-electron chi connectivity index (χ4n) is 5.51. The first kappa shape index (κ1) is 17.4. The molecule has 1 fully saturated rings. The molecule has 2 heterocycles. The van der Waals surface area contributed by atoms with Gasteiger partial charge in [-0.05, 0) is 47.6 Å². The highest BCUT2D eigenvalue weighted by Crippen LogP contribution is 2.57. The number of carbonyl (C=O) groups excluding carboxylic acids is 1. The summed E-state index contributed by atoms with van der Waals surface area (Å²) >= 11 is 0. The third-order valence-electron chi connectivity index (χ3n) is 7.65. The molecular weight excluding hydrogens is 348 g/mol. The summed E-state index contributed by atoms with van der Waals surface area (Å²) in [7, 11) is 0. The number of aromatic hydroxyl groups is 1. The number of fused-ring (bicyclic) bond motifs is 5. The van der Waals surface area contributed by atoms with Crippen LogP contribution in [-0.4, -0.2) is 33.5 Å². The van der Waals surface area contributed by atoms with Crippen molar-refractivity contribution >= 4 is 16.8 Å². The van der Waals surface area contributed by atoms with E-state index in [1.165, 1.54) is 5.56 Å². The van der Waals surface area contributed by atoms with E-state index < -0.39 is 0 Å². The molecule has 2 aliphatic rings. The molecule has 5 rings (SSSR count). The van der Waals surface area contributed by atoms with E-state index in [0.29, 0.717) is 17.9 Å². The van der Waals surface area contributed by atoms with Gasteiger partial charge in [0.05, 0.1) is 0 Å². The van der Waals surface area contributed by atoms with Gasteiger partial charge in [0.1, 0.15) is 11.4 Å². The van der Waals surface area contributed by atoms with E-state index in [0.717, 1.165) is 29.4 Å². The van der Waals surface area contributed by atoms with Gasteiger partial charge in [0, 0.05) is 28.9 Å². The molecule has 28 heavy (non-hydrogen) atoms. The van der Waals surface area contributed by atoms with Crippen LogP contribution < -0.4 is 0 Å². The lowest BCUT2D eigenvalue weighted by atomic mass is 9.51. The zero-order valence-electron chi connectivity index (χ0n) is 16.6. The molecule has 2 N–H and O–H groups in total. The number of carbonyl (C=O) groups is 1. The highest BCUT2D eigenvalue weighted by molar-refractivity contribution is 5.98. The number of phenolic OH excluding ortho intramolecular Hbond substituents is 1. The van der Waals surface area contributed by atoms with Crippen molar-refractivity contribution in [2.45, 2.75) is 45.1 Å². The van der Waals surface area contributed by atoms with Crippen molar-refractivity contribution in [3.05, 3.63) is 65.4 Å². The van der Waals surface area contributed by atoms with Crippen molar-refractivity contribution in [3.63, 3.8) is 0 Å². The van der Waals surface area contributed by atoms with Gasteiger partial charge in [-0.2, -0.15) is 0 Å². The Morgan fingerprint density at radius 1 is 1.14 bits per heavy atom. The Labute approximate surface area is 165 Å². The largest absolute Gasteiger partial charge is 0.508 e. The number of phenols is 1. The van der Waals surface area contributed by atoms with Gasteiger partial charge in [-0.15, -0.1) is 0 Å². The Hall–Kier alpha value is -2.75. The first-order valence-electron chi connectivity index (χ1n) is 10.0. The zero-order chi connectivity index (χ0) is 19.7. The predicted molar refractivity (Wildman–Crippen MR) is 111 cm³/mol. The van der Waals surface area contributed by atoms with E-state index in [-0.39, 0.29) is 22.8 Å². The Kier molecular flexibility index (Phi) is 3.49. The zero-order valence-corrected chi connectivity index (χ0v) is 16.6. The van der Waals surface area contributed by atoms with E-state index in [2.05, 4.69) is 31.8 Å². The van der Waals surface area contributed by atoms with Crippen LogP contribution in [0, 0.1) is 5.41 Å². The highest BCUT2D eigenvalue weighted by atomic mass is 16.3. The van der Waals surface area contributed by atoms with Gasteiger partial charge < -0.3 is 15.0 Å². The number of rotatable bonds is 1. The summed E-state index contributed by atoms with van der Waals surface area (Å²) in [4.78, 5) is 18.8. The molecule has 1 aromatic heterocycles. The van der Waals surface area contributed by atoms with Gasteiger partial charge in [-0.25, -0.2) is 0 Å². The van der Waals surface area contributed by atoms with Crippen molar-refractivity contribution < 1.29 is 9.90 Å². The predicted octanol–water partition coefficient (Wildman–Crippen LogP) is 4.63. The molecule has 1 aliphatic heterocycles. The summed E-state index contributed by atoms with van der Waals surface area (Å²) in [6.07, 6.45) is 1.58. The van der Waals surface area contributed by atoms with Crippen LogP contribution in [0.15, 0.2) is 48.5 Å². The van der Waals surface area contributed by atoms with Crippen LogP contribution in [0.25, 0.3) is 10.9 Å². The molecule has 0 saturated carbocycles. The number of benzene rings is 2. The second-order valence-electron chi connectivity index (χ2n) is 9.10. The average molecular weight is 374 g/mol. The first-order chi connectivity index (χ1) is 13.3. The number of para-hydroxylation sites is 1. The molecule has 2 bridgehead atoms. The van der Waals surface area contributed by atoms with Crippen LogP contribution in [0.2, 0.25) is 0 Å². The maximum Gasteiger partial charge on any atom is 0.270 e. The molecule has 144 valence electrons. The van der Waals surface area contributed by atoms with E-state index >= 15 is 0 Å². The third kappa shape index (κ3) is 2.15. The average Bonchev–Trinajstić information content (AvgIpc) is 3.09. The molecule has 2 atom stereocenters. The third-order valence-corrected chi connectivity index (χ3v) is 7.65. The summed E-state index contributed by atoms with van der Waals surface area (Å²) in [6.45, 7) is 7.57. The van der Waals surface area contributed by atoms with Gasteiger partial charge in [-0.3, -0.25) is 4.79 Å². The van der Waals surface area contributed by atoms with E-state index in [9.17, 15) is 9.90 Å². The quantitative estimate of drug-likeness (QED) is 0.652. The maximum absolute atomic E-state index is 13.5.